The molecule has 1 unspecified atom stereocenters. The Morgan fingerprint density at radius 2 is 2.06 bits per heavy atom. The molecule has 1 N–H and O–H groups in total. The van der Waals surface area contributed by atoms with Crippen molar-refractivity contribution in [1.29, 1.82) is 0 Å². The fraction of sp³-hybridized carbons (Fsp3) is 0.375. The first kappa shape index (κ1) is 19.8. The lowest BCUT2D eigenvalue weighted by Gasteiger charge is -2.32. The number of nitrogens with zero attached hydrogens (tertiary/aromatic N) is 4. The van der Waals surface area contributed by atoms with Crippen LogP contribution in [0.1, 0.15) is 41.1 Å². The van der Waals surface area contributed by atoms with Gasteiger partial charge < -0.3 is 5.32 Å². The van der Waals surface area contributed by atoms with Gasteiger partial charge in [0.15, 0.2) is 0 Å². The molecule has 7 nitrogen and oxygen atoms in total. The second kappa shape index (κ2) is 8.15. The largest absolute Gasteiger partial charge is 0.369 e. The minimum atomic E-state index is -0.344. The summed E-state index contributed by atoms with van der Waals surface area (Å²) in [5.74, 6) is 1.38. The Kier molecular flexibility index (Phi) is 5.19. The minimum absolute atomic E-state index is 0.0936. The van der Waals surface area contributed by atoms with Crippen molar-refractivity contribution >= 4 is 11.5 Å². The molecule has 3 heterocycles. The standard InChI is InChI=1S/C24H27N5O2/c1-17-9-10-20(29(30)31)14-22(17)28-24-21(11-12-25-24)23(26-28)19-8-5-13-27(16-19)15-18-6-3-2-4-7-18/h2-4,6-7,9-10,14,19,25H,5,8,11-13,15-16H2,1H3. The third-order valence-electron chi connectivity index (χ3n) is 6.45. The van der Waals surface area contributed by atoms with Gasteiger partial charge in [-0.25, -0.2) is 4.68 Å². The van der Waals surface area contributed by atoms with E-state index in [9.17, 15) is 10.1 Å². The number of hydrogen-bond donors (Lipinski definition) is 1. The third kappa shape index (κ3) is 3.81. The highest BCUT2D eigenvalue weighted by molar-refractivity contribution is 5.60. The van der Waals surface area contributed by atoms with Gasteiger partial charge in [-0.3, -0.25) is 15.0 Å². The lowest BCUT2D eigenvalue weighted by atomic mass is 9.91. The van der Waals surface area contributed by atoms with E-state index in [0.29, 0.717) is 5.92 Å². The van der Waals surface area contributed by atoms with Gasteiger partial charge in [0.05, 0.1) is 16.3 Å². The SMILES string of the molecule is Cc1ccc([N+](=O)[O-])cc1-n1nc(C2CCCN(Cc3ccccc3)C2)c2c1NCC2. The Morgan fingerprint density at radius 1 is 1.23 bits per heavy atom. The smallest absolute Gasteiger partial charge is 0.271 e. The van der Waals surface area contributed by atoms with Crippen molar-refractivity contribution in [3.63, 3.8) is 0 Å². The van der Waals surface area contributed by atoms with Crippen LogP contribution in [-0.4, -0.2) is 39.2 Å². The maximum atomic E-state index is 11.3. The van der Waals surface area contributed by atoms with Crippen LogP contribution in [-0.2, 0) is 13.0 Å². The van der Waals surface area contributed by atoms with Gasteiger partial charge in [-0.1, -0.05) is 36.4 Å². The second-order valence-corrected chi connectivity index (χ2v) is 8.59. The number of aryl methyl sites for hydroxylation is 1. The molecule has 31 heavy (non-hydrogen) atoms. The summed E-state index contributed by atoms with van der Waals surface area (Å²) in [5.41, 5.74) is 5.62. The van der Waals surface area contributed by atoms with Gasteiger partial charge in [0.2, 0.25) is 0 Å². The molecule has 5 rings (SSSR count). The summed E-state index contributed by atoms with van der Waals surface area (Å²) in [6.45, 7) is 5.92. The summed E-state index contributed by atoms with van der Waals surface area (Å²) in [6.07, 6.45) is 3.24. The first-order chi connectivity index (χ1) is 15.1. The summed E-state index contributed by atoms with van der Waals surface area (Å²) in [4.78, 5) is 13.5. The molecule has 1 saturated heterocycles. The molecule has 1 atom stereocenters. The highest BCUT2D eigenvalue weighted by Gasteiger charge is 2.31. The molecule has 1 aromatic heterocycles. The zero-order valence-electron chi connectivity index (χ0n) is 17.8. The van der Waals surface area contributed by atoms with Crippen LogP contribution in [0.3, 0.4) is 0 Å². The number of nitro benzene ring substituents is 1. The van der Waals surface area contributed by atoms with Crippen LogP contribution in [0.25, 0.3) is 5.69 Å². The molecule has 3 aromatic rings. The first-order valence-electron chi connectivity index (χ1n) is 11.0. The van der Waals surface area contributed by atoms with Gasteiger partial charge in [0, 0.05) is 43.2 Å². The van der Waals surface area contributed by atoms with Crippen LogP contribution in [0, 0.1) is 17.0 Å². The molecule has 2 aromatic carbocycles. The highest BCUT2D eigenvalue weighted by atomic mass is 16.6. The predicted molar refractivity (Wildman–Crippen MR) is 121 cm³/mol. The summed E-state index contributed by atoms with van der Waals surface area (Å²) in [6, 6.07) is 15.6. The molecule has 0 bridgehead atoms. The van der Waals surface area contributed by atoms with Crippen molar-refractivity contribution in [2.24, 2.45) is 0 Å². The molecule has 2 aliphatic heterocycles. The highest BCUT2D eigenvalue weighted by Crippen LogP contribution is 2.37. The van der Waals surface area contributed by atoms with Crippen LogP contribution in [0.2, 0.25) is 0 Å². The van der Waals surface area contributed by atoms with E-state index in [1.165, 1.54) is 11.1 Å². The van der Waals surface area contributed by atoms with Crippen LogP contribution in [0.5, 0.6) is 0 Å². The fourth-order valence-electron chi connectivity index (χ4n) is 4.91. The average molecular weight is 418 g/mol. The van der Waals surface area contributed by atoms with Gasteiger partial charge in [-0.05, 0) is 43.9 Å². The predicted octanol–water partition coefficient (Wildman–Crippen LogP) is 4.44. The molecule has 0 spiro atoms. The van der Waals surface area contributed by atoms with Crippen molar-refractivity contribution in [2.75, 3.05) is 25.0 Å². The maximum absolute atomic E-state index is 11.3. The molecule has 1 fully saturated rings. The summed E-state index contributed by atoms with van der Waals surface area (Å²) >= 11 is 0. The molecular formula is C24H27N5O2. The van der Waals surface area contributed by atoms with Crippen LogP contribution in [0.15, 0.2) is 48.5 Å². The van der Waals surface area contributed by atoms with E-state index in [4.69, 9.17) is 5.10 Å². The Labute approximate surface area is 181 Å². The average Bonchev–Trinajstić information content (AvgIpc) is 3.38. The van der Waals surface area contributed by atoms with Gasteiger partial charge in [0.25, 0.3) is 5.69 Å². The normalized spacial score (nSPS) is 18.5. The Hall–Kier alpha value is -3.19. The molecule has 0 saturated carbocycles. The molecule has 0 amide bonds. The summed E-state index contributed by atoms with van der Waals surface area (Å²) < 4.78 is 1.90. The van der Waals surface area contributed by atoms with Crippen molar-refractivity contribution in [3.8, 4) is 5.69 Å². The molecule has 160 valence electrons. The van der Waals surface area contributed by atoms with E-state index in [1.54, 1.807) is 18.2 Å². The number of nitrogens with one attached hydrogen (secondary N) is 1. The quantitative estimate of drug-likeness (QED) is 0.491. The van der Waals surface area contributed by atoms with Crippen LogP contribution < -0.4 is 5.32 Å². The number of likely N-dealkylation sites (tertiary alicyclic amines) is 1. The molecule has 7 heteroatoms. The number of nitro groups is 1. The fourth-order valence-corrected chi connectivity index (χ4v) is 4.91. The van der Waals surface area contributed by atoms with Crippen molar-refractivity contribution in [3.05, 3.63) is 81.0 Å². The monoisotopic (exact) mass is 417 g/mol. The number of rotatable bonds is 5. The van der Waals surface area contributed by atoms with Gasteiger partial charge >= 0.3 is 0 Å². The number of aromatic nitrogens is 2. The van der Waals surface area contributed by atoms with E-state index >= 15 is 0 Å². The first-order valence-corrected chi connectivity index (χ1v) is 11.0. The van der Waals surface area contributed by atoms with Crippen LogP contribution in [0.4, 0.5) is 11.5 Å². The number of anilines is 1. The Bertz CT molecular complexity index is 1110. The Balaban J connectivity index is 1.46. The molecular weight excluding hydrogens is 390 g/mol. The number of benzene rings is 2. The van der Waals surface area contributed by atoms with Crippen molar-refractivity contribution in [2.45, 2.75) is 38.6 Å². The van der Waals surface area contributed by atoms with E-state index in [2.05, 4.69) is 40.5 Å². The van der Waals surface area contributed by atoms with Crippen molar-refractivity contribution in [1.82, 2.24) is 14.7 Å². The summed E-state index contributed by atoms with van der Waals surface area (Å²) in [7, 11) is 0. The summed E-state index contributed by atoms with van der Waals surface area (Å²) in [5, 5.41) is 19.8. The lowest BCUT2D eigenvalue weighted by molar-refractivity contribution is -0.384. The second-order valence-electron chi connectivity index (χ2n) is 8.59. The van der Waals surface area contributed by atoms with Gasteiger partial charge in [-0.15, -0.1) is 0 Å². The molecule has 0 radical (unpaired) electrons. The zero-order valence-corrected chi connectivity index (χ0v) is 17.8. The minimum Gasteiger partial charge on any atom is -0.369 e. The topological polar surface area (TPSA) is 76.2 Å². The van der Waals surface area contributed by atoms with E-state index in [0.717, 1.165) is 68.2 Å². The van der Waals surface area contributed by atoms with E-state index < -0.39 is 0 Å². The number of hydrogen-bond acceptors (Lipinski definition) is 5. The van der Waals surface area contributed by atoms with E-state index in [1.807, 2.05) is 11.6 Å². The maximum Gasteiger partial charge on any atom is 0.271 e. The zero-order chi connectivity index (χ0) is 21.4. The number of non-ortho nitro benzene ring substituents is 1. The molecule has 0 aliphatic carbocycles. The Morgan fingerprint density at radius 3 is 2.87 bits per heavy atom. The van der Waals surface area contributed by atoms with Crippen molar-refractivity contribution < 1.29 is 4.92 Å². The van der Waals surface area contributed by atoms with E-state index in [-0.39, 0.29) is 10.6 Å². The van der Waals surface area contributed by atoms with Gasteiger partial charge in [0.1, 0.15) is 5.82 Å². The number of fused-ring (bicyclic) bond motifs is 1. The number of piperidine rings is 1. The van der Waals surface area contributed by atoms with Gasteiger partial charge in [-0.2, -0.15) is 5.10 Å². The van der Waals surface area contributed by atoms with Crippen LogP contribution >= 0.6 is 0 Å². The third-order valence-corrected chi connectivity index (χ3v) is 6.45. The lowest BCUT2D eigenvalue weighted by Crippen LogP contribution is -2.34. The molecule has 2 aliphatic rings.